The number of aliphatic hydroxyl groups excluding tert-OH is 1. The first-order chi connectivity index (χ1) is 42.9. The summed E-state index contributed by atoms with van der Waals surface area (Å²) in [6.07, 6.45) is 29.6. The SMILES string of the molecule is CCCCCC/C=C\CCCCCCCCCC(=O)N[C@H]1[C@H](OC[C@H]2O[C@H](OP(=O)(O)O)[C@H](NC(=O)CC(=O)CCCCCCCCCCC)[C@@H](OCCCCCCCCCC)[C@@H]2O)O[C@H](COC)[C@@H](OP(=O)(O)O)[C@@H]1OCCC(CCCCCCC)OC. The van der Waals surface area contributed by atoms with Gasteiger partial charge in [0.05, 0.1) is 25.7 Å². The fourth-order valence-electron chi connectivity index (χ4n) is 11.7. The Balaban J connectivity index is 2.45. The Hall–Kier alpha value is -1.75. The first-order valence-corrected chi connectivity index (χ1v) is 38.1. The first kappa shape index (κ1) is 83.3. The third kappa shape index (κ3) is 41.0. The quantitative estimate of drug-likeness (QED) is 0.0129. The van der Waals surface area contributed by atoms with Crippen molar-refractivity contribution in [2.45, 2.75) is 352 Å². The van der Waals surface area contributed by atoms with Crippen LogP contribution in [0.1, 0.15) is 285 Å². The van der Waals surface area contributed by atoms with E-state index in [0.717, 1.165) is 161 Å². The summed E-state index contributed by atoms with van der Waals surface area (Å²) in [6.45, 7) is 7.91. The zero-order valence-electron chi connectivity index (χ0n) is 56.0. The number of unbranched alkanes of at least 4 members (excludes halogenated alkanes) is 30. The van der Waals surface area contributed by atoms with Gasteiger partial charge in [0, 0.05) is 40.3 Å². The molecule has 2 heterocycles. The van der Waals surface area contributed by atoms with E-state index in [1.807, 2.05) is 0 Å². The average Bonchev–Trinajstić information content (AvgIpc) is 0.966. The highest BCUT2D eigenvalue weighted by atomic mass is 31.2. The molecule has 0 aromatic heterocycles. The number of amides is 2. The second-order valence-corrected chi connectivity index (χ2v) is 27.2. The Kier molecular flexibility index (Phi) is 49.2. The number of rotatable bonds is 59. The van der Waals surface area contributed by atoms with Gasteiger partial charge in [0.1, 0.15) is 54.5 Å². The molecule has 2 aliphatic rings. The summed E-state index contributed by atoms with van der Waals surface area (Å²) < 4.78 is 79.3. The highest BCUT2D eigenvalue weighted by molar-refractivity contribution is 7.46. The van der Waals surface area contributed by atoms with E-state index in [9.17, 15) is 48.2 Å². The van der Waals surface area contributed by atoms with Gasteiger partial charge in [0.2, 0.25) is 11.8 Å². The normalized spacial score (nSPS) is 22.9. The number of Topliss-reactive ketones (excluding diaryl/α,β-unsaturated/α-hetero) is 1. The molecular formula is C66H126N2O19P2. The van der Waals surface area contributed by atoms with Crippen molar-refractivity contribution in [2.75, 3.05) is 40.6 Å². The molecule has 21 nitrogen and oxygen atoms in total. The molecule has 0 radical (unpaired) electrons. The van der Waals surface area contributed by atoms with E-state index in [2.05, 4.69) is 50.5 Å². The van der Waals surface area contributed by atoms with Crippen LogP contribution in [0.4, 0.5) is 0 Å². The predicted molar refractivity (Wildman–Crippen MR) is 347 cm³/mol. The summed E-state index contributed by atoms with van der Waals surface area (Å²) in [6, 6.07) is -2.84. The second-order valence-electron chi connectivity index (χ2n) is 24.8. The summed E-state index contributed by atoms with van der Waals surface area (Å²) in [5.41, 5.74) is 0. The van der Waals surface area contributed by atoms with Gasteiger partial charge in [-0.1, -0.05) is 220 Å². The van der Waals surface area contributed by atoms with Gasteiger partial charge in [-0.25, -0.2) is 9.13 Å². The number of ketones is 1. The van der Waals surface area contributed by atoms with Crippen molar-refractivity contribution < 1.29 is 90.4 Å². The molecule has 2 aliphatic heterocycles. The highest BCUT2D eigenvalue weighted by Gasteiger charge is 2.53. The molecule has 2 saturated heterocycles. The largest absolute Gasteiger partial charge is 0.472 e. The Morgan fingerprint density at radius 2 is 0.921 bits per heavy atom. The third-order valence-corrected chi connectivity index (χ3v) is 17.8. The van der Waals surface area contributed by atoms with Crippen molar-refractivity contribution in [2.24, 2.45) is 0 Å². The molecule has 1 unspecified atom stereocenters. The average molecular weight is 1310 g/mol. The Labute approximate surface area is 536 Å². The molecule has 0 aliphatic carbocycles. The number of allylic oxidation sites excluding steroid dienone is 2. The van der Waals surface area contributed by atoms with Gasteiger partial charge < -0.3 is 68.5 Å². The van der Waals surface area contributed by atoms with Crippen LogP contribution in [0.2, 0.25) is 0 Å². The number of carbonyl (C=O) groups excluding carboxylic acids is 3. The van der Waals surface area contributed by atoms with Gasteiger partial charge in [-0.05, 0) is 57.8 Å². The minimum atomic E-state index is -5.39. The molecule has 11 atom stereocenters. The molecule has 0 aromatic rings. The Bertz CT molecular complexity index is 1900. The lowest BCUT2D eigenvalue weighted by Gasteiger charge is -2.47. The number of carbonyl (C=O) groups is 3. The van der Waals surface area contributed by atoms with E-state index in [-0.39, 0.29) is 44.5 Å². The molecule has 0 saturated carbocycles. The van der Waals surface area contributed by atoms with E-state index in [1.54, 1.807) is 7.11 Å². The summed E-state index contributed by atoms with van der Waals surface area (Å²) >= 11 is 0. The van der Waals surface area contributed by atoms with Crippen molar-refractivity contribution >= 4 is 33.2 Å². The highest BCUT2D eigenvalue weighted by Crippen LogP contribution is 2.44. The van der Waals surface area contributed by atoms with Crippen LogP contribution in [0, 0.1) is 0 Å². The number of phosphoric acid groups is 2. The molecule has 23 heteroatoms. The van der Waals surface area contributed by atoms with E-state index < -0.39 is 102 Å². The van der Waals surface area contributed by atoms with Crippen LogP contribution in [-0.2, 0) is 65.7 Å². The third-order valence-electron chi connectivity index (χ3n) is 16.8. The lowest BCUT2D eigenvalue weighted by Crippen LogP contribution is -2.67. The lowest BCUT2D eigenvalue weighted by molar-refractivity contribution is -0.301. The zero-order valence-corrected chi connectivity index (χ0v) is 57.8. The molecule has 2 rings (SSSR count). The fourth-order valence-corrected chi connectivity index (χ4v) is 12.7. The van der Waals surface area contributed by atoms with Crippen molar-refractivity contribution in [1.29, 1.82) is 0 Å². The molecule has 89 heavy (non-hydrogen) atoms. The van der Waals surface area contributed by atoms with Crippen LogP contribution >= 0.6 is 15.6 Å². The molecule has 524 valence electrons. The lowest BCUT2D eigenvalue weighted by atomic mass is 9.95. The summed E-state index contributed by atoms with van der Waals surface area (Å²) in [4.78, 5) is 82.2. The summed E-state index contributed by atoms with van der Waals surface area (Å²) in [5.74, 6) is -1.52. The first-order valence-electron chi connectivity index (χ1n) is 35.0. The number of phosphoric ester groups is 2. The van der Waals surface area contributed by atoms with Gasteiger partial charge in [-0.2, -0.15) is 0 Å². The summed E-state index contributed by atoms with van der Waals surface area (Å²) in [5, 5.41) is 17.9. The Morgan fingerprint density at radius 1 is 0.472 bits per heavy atom. The predicted octanol–water partition coefficient (Wildman–Crippen LogP) is 13.6. The number of hydrogen-bond acceptors (Lipinski definition) is 15. The molecule has 0 spiro atoms. The fraction of sp³-hybridized carbons (Fsp3) is 0.924. The van der Waals surface area contributed by atoms with Gasteiger partial charge >= 0.3 is 15.6 Å². The Morgan fingerprint density at radius 3 is 1.45 bits per heavy atom. The molecule has 2 amide bonds. The number of ether oxygens (including phenoxy) is 7. The second kappa shape index (κ2) is 52.5. The van der Waals surface area contributed by atoms with Gasteiger partial charge in [-0.15, -0.1) is 0 Å². The number of aliphatic hydroxyl groups is 1. The van der Waals surface area contributed by atoms with Crippen LogP contribution in [0.15, 0.2) is 12.2 Å². The van der Waals surface area contributed by atoms with Gasteiger partial charge in [0.25, 0.3) is 0 Å². The number of hydrogen-bond donors (Lipinski definition) is 7. The van der Waals surface area contributed by atoms with Crippen LogP contribution in [0.25, 0.3) is 0 Å². The molecule has 2 fully saturated rings. The van der Waals surface area contributed by atoms with Crippen LogP contribution in [-0.4, -0.2) is 150 Å². The monoisotopic (exact) mass is 1310 g/mol. The minimum Gasteiger partial charge on any atom is -0.388 e. The molecular weight excluding hydrogens is 1190 g/mol. The zero-order chi connectivity index (χ0) is 65.4. The molecule has 0 aromatic carbocycles. The van der Waals surface area contributed by atoms with E-state index in [0.29, 0.717) is 25.7 Å². The van der Waals surface area contributed by atoms with Crippen LogP contribution in [0.3, 0.4) is 0 Å². The van der Waals surface area contributed by atoms with E-state index in [1.165, 1.54) is 58.5 Å². The molecule has 0 bridgehead atoms. The van der Waals surface area contributed by atoms with E-state index >= 15 is 0 Å². The van der Waals surface area contributed by atoms with Crippen molar-refractivity contribution in [3.8, 4) is 0 Å². The summed E-state index contributed by atoms with van der Waals surface area (Å²) in [7, 11) is -7.69. The molecule has 7 N–H and O–H groups in total. The maximum atomic E-state index is 14.1. The minimum absolute atomic E-state index is 0.00889. The maximum absolute atomic E-state index is 14.1. The number of nitrogens with one attached hydrogen (secondary N) is 2. The maximum Gasteiger partial charge on any atom is 0.472 e. The van der Waals surface area contributed by atoms with Gasteiger partial charge in [-0.3, -0.25) is 23.4 Å². The van der Waals surface area contributed by atoms with Gasteiger partial charge in [0.15, 0.2) is 12.6 Å². The van der Waals surface area contributed by atoms with Crippen molar-refractivity contribution in [3.63, 3.8) is 0 Å². The smallest absolute Gasteiger partial charge is 0.388 e. The van der Waals surface area contributed by atoms with Crippen LogP contribution < -0.4 is 10.6 Å². The van der Waals surface area contributed by atoms with Crippen molar-refractivity contribution in [3.05, 3.63) is 12.2 Å². The standard InChI is InChI=1S/C66H126N2O19P2/c1-7-11-15-19-22-25-26-27-28-29-30-32-34-38-42-46-57(70)67-60-64(82-49-47-54(80-6)45-41-36-18-14-10-4)62(86-88(73,74)75)56(51-79-5)85-65(60)83-52-55-61(72)63(81-48-43-39-35-24-21-17-13-9-3)59(66(84-55)87-89(76,77)78)68-58(71)50-53(69)44-40-37-33-31-23-20-16-12-8-2/h25-26,54-56,59-66,72H,7-24,27-52H2,1-6H3,(H,67,70)(H,68,71)(H2,73,74,75)(H2,76,77,78)/b26-25-/t54?,55-,56-,59-,60-,61-,62-,63-,64-,65-,66-/m1/s1. The number of methoxy groups -OCH3 is 2. The topological polar surface area (TPSA) is 294 Å². The van der Waals surface area contributed by atoms with Crippen LogP contribution in [0.5, 0.6) is 0 Å². The van der Waals surface area contributed by atoms with Crippen molar-refractivity contribution in [1.82, 2.24) is 10.6 Å². The van der Waals surface area contributed by atoms with E-state index in [4.69, 9.17) is 42.2 Å².